The lowest BCUT2D eigenvalue weighted by Gasteiger charge is -2.32. The second kappa shape index (κ2) is 7.63. The van der Waals surface area contributed by atoms with Crippen LogP contribution < -0.4 is 10.2 Å². The lowest BCUT2D eigenvalue weighted by atomic mass is 9.78. The largest absolute Gasteiger partial charge is 0.481 e. The lowest BCUT2D eigenvalue weighted by molar-refractivity contribution is -0.136. The molecule has 4 rings (SSSR count). The maximum atomic E-state index is 11.3. The van der Waals surface area contributed by atoms with Crippen molar-refractivity contribution in [2.45, 2.75) is 31.7 Å². The Morgan fingerprint density at radius 2 is 1.79 bits per heavy atom. The maximum Gasteiger partial charge on any atom is 0.305 e. The van der Waals surface area contributed by atoms with Gasteiger partial charge < -0.3 is 15.3 Å². The van der Waals surface area contributed by atoms with Gasteiger partial charge in [-0.15, -0.1) is 0 Å². The summed E-state index contributed by atoms with van der Waals surface area (Å²) in [6.45, 7) is 4.97. The van der Waals surface area contributed by atoms with E-state index >= 15 is 0 Å². The van der Waals surface area contributed by atoms with E-state index in [4.69, 9.17) is 0 Å². The molecular formula is C25H26N2O2. The summed E-state index contributed by atoms with van der Waals surface area (Å²) in [6, 6.07) is 22.8. The van der Waals surface area contributed by atoms with Crippen molar-refractivity contribution in [3.8, 4) is 0 Å². The molecule has 0 aliphatic carbocycles. The van der Waals surface area contributed by atoms with Crippen molar-refractivity contribution in [2.75, 3.05) is 16.8 Å². The van der Waals surface area contributed by atoms with Gasteiger partial charge >= 0.3 is 5.97 Å². The molecule has 0 radical (unpaired) electrons. The Balaban J connectivity index is 1.73. The quantitative estimate of drug-likeness (QED) is 0.595. The molecule has 148 valence electrons. The molecular weight excluding hydrogens is 360 g/mol. The first-order valence-corrected chi connectivity index (χ1v) is 9.97. The summed E-state index contributed by atoms with van der Waals surface area (Å²) < 4.78 is 0. The van der Waals surface area contributed by atoms with E-state index in [0.717, 1.165) is 11.4 Å². The first kappa shape index (κ1) is 19.1. The number of rotatable bonds is 6. The van der Waals surface area contributed by atoms with Gasteiger partial charge in [0.15, 0.2) is 0 Å². The second-order valence-corrected chi connectivity index (χ2v) is 8.05. The summed E-state index contributed by atoms with van der Waals surface area (Å²) in [5.74, 6) is -0.776. The molecule has 1 aliphatic heterocycles. The Hall–Kier alpha value is -3.27. The topological polar surface area (TPSA) is 52.6 Å². The number of carboxylic acids is 1. The summed E-state index contributed by atoms with van der Waals surface area (Å²) in [6.07, 6.45) is 4.24. The fraction of sp³-hybridized carbons (Fsp3) is 0.240. The van der Waals surface area contributed by atoms with Gasteiger partial charge in [-0.25, -0.2) is 0 Å². The molecule has 1 heterocycles. The molecule has 0 spiro atoms. The predicted octanol–water partition coefficient (Wildman–Crippen LogP) is 5.41. The van der Waals surface area contributed by atoms with Gasteiger partial charge in [-0.3, -0.25) is 4.79 Å². The number of benzene rings is 3. The Kier molecular flexibility index (Phi) is 5.01. The molecule has 0 amide bonds. The Morgan fingerprint density at radius 1 is 1.07 bits per heavy atom. The molecule has 3 aromatic rings. The third-order valence-electron chi connectivity index (χ3n) is 5.80. The monoisotopic (exact) mass is 386 g/mol. The minimum absolute atomic E-state index is 0.0545. The van der Waals surface area contributed by atoms with E-state index in [1.807, 2.05) is 36.5 Å². The SMILES string of the molecule is CC1(C)c2c(ccc3ccccc23)N(CCC(=O)O)C1/C=C/Nc1ccccc1. The molecule has 0 bridgehead atoms. The molecule has 2 N–H and O–H groups in total. The summed E-state index contributed by atoms with van der Waals surface area (Å²) in [5.41, 5.74) is 3.28. The Labute approximate surface area is 171 Å². The highest BCUT2D eigenvalue weighted by Gasteiger charge is 2.44. The van der Waals surface area contributed by atoms with E-state index in [9.17, 15) is 9.90 Å². The summed E-state index contributed by atoms with van der Waals surface area (Å²) in [7, 11) is 0. The van der Waals surface area contributed by atoms with Gasteiger partial charge in [0.25, 0.3) is 0 Å². The van der Waals surface area contributed by atoms with Gasteiger partial charge in [0.2, 0.25) is 0 Å². The van der Waals surface area contributed by atoms with Crippen molar-refractivity contribution in [1.82, 2.24) is 0 Å². The molecule has 3 aromatic carbocycles. The number of carbonyl (C=O) groups is 1. The molecule has 0 aromatic heterocycles. The van der Waals surface area contributed by atoms with E-state index in [-0.39, 0.29) is 17.9 Å². The van der Waals surface area contributed by atoms with Crippen molar-refractivity contribution in [2.24, 2.45) is 0 Å². The van der Waals surface area contributed by atoms with Gasteiger partial charge in [0, 0.05) is 23.3 Å². The van der Waals surface area contributed by atoms with Crippen LogP contribution >= 0.6 is 0 Å². The Bertz CT molecular complexity index is 1060. The third kappa shape index (κ3) is 3.58. The molecule has 4 nitrogen and oxygen atoms in total. The number of para-hydroxylation sites is 1. The second-order valence-electron chi connectivity index (χ2n) is 8.05. The first-order valence-electron chi connectivity index (χ1n) is 9.97. The number of fused-ring (bicyclic) bond motifs is 3. The van der Waals surface area contributed by atoms with Gasteiger partial charge in [0.05, 0.1) is 12.5 Å². The van der Waals surface area contributed by atoms with Crippen LogP contribution in [-0.2, 0) is 10.2 Å². The van der Waals surface area contributed by atoms with Crippen LogP contribution in [0.5, 0.6) is 0 Å². The highest BCUT2D eigenvalue weighted by atomic mass is 16.4. The molecule has 1 aliphatic rings. The number of hydrogen-bond donors (Lipinski definition) is 2. The number of hydrogen-bond acceptors (Lipinski definition) is 3. The summed E-state index contributed by atoms with van der Waals surface area (Å²) >= 11 is 0. The maximum absolute atomic E-state index is 11.3. The van der Waals surface area contributed by atoms with Crippen LogP contribution in [0.15, 0.2) is 79.0 Å². The van der Waals surface area contributed by atoms with Crippen LogP contribution in [0.3, 0.4) is 0 Å². The van der Waals surface area contributed by atoms with Gasteiger partial charge in [-0.05, 0) is 46.8 Å². The molecule has 4 heteroatoms. The van der Waals surface area contributed by atoms with Crippen molar-refractivity contribution in [3.05, 3.63) is 84.6 Å². The summed E-state index contributed by atoms with van der Waals surface area (Å²) in [5, 5.41) is 15.1. The normalized spacial score (nSPS) is 17.6. The third-order valence-corrected chi connectivity index (χ3v) is 5.80. The average Bonchev–Trinajstić information content (AvgIpc) is 2.94. The minimum Gasteiger partial charge on any atom is -0.481 e. The van der Waals surface area contributed by atoms with Crippen LogP contribution in [-0.4, -0.2) is 23.7 Å². The fourth-order valence-corrected chi connectivity index (χ4v) is 4.45. The first-order chi connectivity index (χ1) is 14.0. The molecule has 1 atom stereocenters. The number of anilines is 2. The van der Waals surface area contributed by atoms with Crippen molar-refractivity contribution in [1.29, 1.82) is 0 Å². The van der Waals surface area contributed by atoms with Crippen LogP contribution in [0.1, 0.15) is 25.8 Å². The van der Waals surface area contributed by atoms with Crippen molar-refractivity contribution < 1.29 is 9.90 Å². The van der Waals surface area contributed by atoms with Crippen LogP contribution in [0.4, 0.5) is 11.4 Å². The number of nitrogens with one attached hydrogen (secondary N) is 1. The molecule has 29 heavy (non-hydrogen) atoms. The molecule has 1 unspecified atom stereocenters. The predicted molar refractivity (Wildman–Crippen MR) is 120 cm³/mol. The molecule has 0 saturated carbocycles. The molecule has 0 saturated heterocycles. The van der Waals surface area contributed by atoms with E-state index in [0.29, 0.717) is 6.54 Å². The van der Waals surface area contributed by atoms with E-state index in [1.165, 1.54) is 16.3 Å². The van der Waals surface area contributed by atoms with Crippen LogP contribution in [0, 0.1) is 0 Å². The average molecular weight is 386 g/mol. The zero-order valence-electron chi connectivity index (χ0n) is 16.8. The van der Waals surface area contributed by atoms with Gasteiger partial charge in [-0.1, -0.05) is 62.4 Å². The van der Waals surface area contributed by atoms with Gasteiger partial charge in [-0.2, -0.15) is 0 Å². The standard InChI is InChI=1S/C25H26N2O2/c1-25(2)22(14-16-26-19-9-4-3-5-10-19)27(17-15-23(28)29)21-13-12-18-8-6-7-11-20(18)24(21)25/h3-14,16,22,26H,15,17H2,1-2H3,(H,28,29)/b16-14+. The van der Waals surface area contributed by atoms with E-state index in [2.05, 4.69) is 66.5 Å². The van der Waals surface area contributed by atoms with E-state index in [1.54, 1.807) is 0 Å². The number of carboxylic acid groups (broad SMARTS) is 1. The lowest BCUT2D eigenvalue weighted by Crippen LogP contribution is -2.41. The molecule has 0 fully saturated rings. The fourth-order valence-electron chi connectivity index (χ4n) is 4.45. The van der Waals surface area contributed by atoms with Crippen molar-refractivity contribution >= 4 is 28.1 Å². The zero-order chi connectivity index (χ0) is 20.4. The minimum atomic E-state index is -0.776. The van der Waals surface area contributed by atoms with E-state index < -0.39 is 5.97 Å². The Morgan fingerprint density at radius 3 is 2.55 bits per heavy atom. The smallest absolute Gasteiger partial charge is 0.305 e. The highest BCUT2D eigenvalue weighted by molar-refractivity contribution is 5.93. The number of nitrogens with zero attached hydrogens (tertiary/aromatic N) is 1. The zero-order valence-corrected chi connectivity index (χ0v) is 16.8. The van der Waals surface area contributed by atoms with Gasteiger partial charge in [0.1, 0.15) is 0 Å². The van der Waals surface area contributed by atoms with Crippen LogP contribution in [0.2, 0.25) is 0 Å². The number of aliphatic carboxylic acids is 1. The highest BCUT2D eigenvalue weighted by Crippen LogP contribution is 2.49. The van der Waals surface area contributed by atoms with Crippen molar-refractivity contribution in [3.63, 3.8) is 0 Å². The van der Waals surface area contributed by atoms with Crippen LogP contribution in [0.25, 0.3) is 10.8 Å². The summed E-state index contributed by atoms with van der Waals surface area (Å²) in [4.78, 5) is 13.5.